The van der Waals surface area contributed by atoms with Crippen molar-refractivity contribution >= 4 is 66.8 Å². The average Bonchev–Trinajstić information content (AvgIpc) is 3.77. The van der Waals surface area contributed by atoms with Crippen LogP contribution in [0.25, 0.3) is 71.7 Å². The van der Waals surface area contributed by atoms with E-state index >= 15 is 4.57 Å². The van der Waals surface area contributed by atoms with E-state index in [-0.39, 0.29) is 0 Å². The van der Waals surface area contributed by atoms with E-state index in [1.165, 1.54) is 21.9 Å². The Labute approximate surface area is 305 Å². The molecule has 250 valence electrons. The maximum absolute atomic E-state index is 15.6. The van der Waals surface area contributed by atoms with Gasteiger partial charge in [0.2, 0.25) is 0 Å². The molecule has 2 aromatic heterocycles. The lowest BCUT2D eigenvalue weighted by atomic mass is 10.00. The Morgan fingerprint density at radius 3 is 2.04 bits per heavy atom. The topological polar surface area (TPSA) is 44.4 Å². The molecule has 0 bridgehead atoms. The molecule has 1 unspecified atom stereocenters. The number of hydrogen-bond acceptors (Lipinski definition) is 3. The van der Waals surface area contributed by atoms with E-state index in [1.807, 2.05) is 78.9 Å². The molecule has 1 atom stereocenters. The zero-order chi connectivity index (χ0) is 35.1. The number of para-hydroxylation sites is 4. The molecule has 11 rings (SSSR count). The number of benzene rings is 8. The summed E-state index contributed by atoms with van der Waals surface area (Å²) in [7, 11) is -3.30. The van der Waals surface area contributed by atoms with Crippen LogP contribution in [0.2, 0.25) is 0 Å². The molecule has 0 radical (unpaired) electrons. The predicted octanol–water partition coefficient (Wildman–Crippen LogP) is 11.8. The van der Waals surface area contributed by atoms with Gasteiger partial charge in [-0.3, -0.25) is 0 Å². The summed E-state index contributed by atoms with van der Waals surface area (Å²) in [5.41, 5.74) is 8.84. The molecule has 0 N–H and O–H groups in total. The molecule has 0 saturated heterocycles. The average molecular weight is 700 g/mol. The van der Waals surface area contributed by atoms with Crippen LogP contribution in [-0.4, -0.2) is 4.57 Å². The molecule has 53 heavy (non-hydrogen) atoms. The van der Waals surface area contributed by atoms with Crippen LogP contribution in [0.4, 0.5) is 0 Å². The third-order valence-corrected chi connectivity index (χ3v) is 13.8. The first-order chi connectivity index (χ1) is 26.2. The standard InChI is InChI=1S/C48H30NO3P/c50-53(34-16-5-2-6-17-34)45-24-12-11-23-44(45)52-48-37(20-13-25-46(48)53)40-30-33(29-39-36-19-8-10-22-43(36)51-47(39)40)49-41-21-9-7-18-35(41)38-28-32(26-27-42(38)49)31-14-3-1-4-15-31/h1-30H. The minimum atomic E-state index is -3.30. The third-order valence-electron chi connectivity index (χ3n) is 10.7. The van der Waals surface area contributed by atoms with Crippen molar-refractivity contribution < 1.29 is 13.7 Å². The van der Waals surface area contributed by atoms with Crippen molar-refractivity contribution in [1.29, 1.82) is 0 Å². The lowest BCUT2D eigenvalue weighted by Gasteiger charge is -2.30. The summed E-state index contributed by atoms with van der Waals surface area (Å²) < 4.78 is 31.5. The number of fused-ring (bicyclic) bond motifs is 8. The summed E-state index contributed by atoms with van der Waals surface area (Å²) in [5.74, 6) is 1.19. The summed E-state index contributed by atoms with van der Waals surface area (Å²) in [6.07, 6.45) is 0. The minimum Gasteiger partial charge on any atom is -0.455 e. The molecule has 0 saturated carbocycles. The van der Waals surface area contributed by atoms with E-state index in [9.17, 15) is 0 Å². The maximum Gasteiger partial charge on any atom is 0.178 e. The molecule has 0 aliphatic carbocycles. The number of rotatable bonds is 4. The fourth-order valence-electron chi connectivity index (χ4n) is 8.25. The van der Waals surface area contributed by atoms with Gasteiger partial charge in [0.1, 0.15) is 22.7 Å². The molecule has 1 aliphatic heterocycles. The van der Waals surface area contributed by atoms with E-state index in [2.05, 4.69) is 108 Å². The first-order valence-electron chi connectivity index (χ1n) is 17.8. The number of furan rings is 1. The number of nitrogens with zero attached hydrogens (tertiary/aromatic N) is 1. The van der Waals surface area contributed by atoms with Gasteiger partial charge in [-0.15, -0.1) is 0 Å². The SMILES string of the molecule is O=P1(c2ccccc2)c2ccccc2Oc2c(-c3cc(-n4c5ccccc5c5cc(-c6ccccc6)ccc54)cc4c3oc3ccccc34)cccc21. The first-order valence-corrected chi connectivity index (χ1v) is 19.5. The molecular weight excluding hydrogens is 670 g/mol. The van der Waals surface area contributed by atoms with Crippen LogP contribution < -0.4 is 20.7 Å². The van der Waals surface area contributed by atoms with Crippen molar-refractivity contribution in [2.24, 2.45) is 0 Å². The summed E-state index contributed by atoms with van der Waals surface area (Å²) in [4.78, 5) is 0. The molecule has 4 nitrogen and oxygen atoms in total. The van der Waals surface area contributed by atoms with Gasteiger partial charge in [-0.2, -0.15) is 0 Å². The summed E-state index contributed by atoms with van der Waals surface area (Å²) >= 11 is 0. The van der Waals surface area contributed by atoms with E-state index in [0.717, 1.165) is 55.1 Å². The molecule has 0 spiro atoms. The highest BCUT2D eigenvalue weighted by atomic mass is 31.2. The highest BCUT2D eigenvalue weighted by Gasteiger charge is 2.40. The Hall–Kier alpha value is -6.61. The Morgan fingerprint density at radius 1 is 0.472 bits per heavy atom. The summed E-state index contributed by atoms with van der Waals surface area (Å²) in [6, 6.07) is 62.0. The molecule has 1 aliphatic rings. The molecule has 0 amide bonds. The summed E-state index contributed by atoms with van der Waals surface area (Å²) in [5, 5.41) is 6.56. The first kappa shape index (κ1) is 30.1. The van der Waals surface area contributed by atoms with Crippen molar-refractivity contribution in [3.63, 3.8) is 0 Å². The second-order valence-corrected chi connectivity index (χ2v) is 16.3. The van der Waals surface area contributed by atoms with Crippen molar-refractivity contribution in [3.05, 3.63) is 182 Å². The van der Waals surface area contributed by atoms with E-state index in [4.69, 9.17) is 9.15 Å². The molecule has 3 heterocycles. The van der Waals surface area contributed by atoms with Gasteiger partial charge >= 0.3 is 0 Å². The summed E-state index contributed by atoms with van der Waals surface area (Å²) in [6.45, 7) is 0. The Bertz CT molecular complexity index is 3120. The van der Waals surface area contributed by atoms with Crippen LogP contribution in [0.15, 0.2) is 186 Å². The van der Waals surface area contributed by atoms with Crippen molar-refractivity contribution in [3.8, 4) is 39.4 Å². The van der Waals surface area contributed by atoms with E-state index in [0.29, 0.717) is 22.1 Å². The second kappa shape index (κ2) is 11.4. The monoisotopic (exact) mass is 699 g/mol. The van der Waals surface area contributed by atoms with Crippen LogP contribution in [-0.2, 0) is 4.57 Å². The van der Waals surface area contributed by atoms with Crippen LogP contribution in [0.3, 0.4) is 0 Å². The normalized spacial score (nSPS) is 15.1. The zero-order valence-corrected chi connectivity index (χ0v) is 29.3. The highest BCUT2D eigenvalue weighted by molar-refractivity contribution is 7.85. The van der Waals surface area contributed by atoms with Gasteiger partial charge in [0.15, 0.2) is 7.14 Å². The zero-order valence-electron chi connectivity index (χ0n) is 28.4. The highest BCUT2D eigenvalue weighted by Crippen LogP contribution is 2.54. The van der Waals surface area contributed by atoms with Crippen molar-refractivity contribution in [2.75, 3.05) is 0 Å². The van der Waals surface area contributed by atoms with Gasteiger partial charge in [0.25, 0.3) is 0 Å². The van der Waals surface area contributed by atoms with Crippen molar-refractivity contribution in [1.82, 2.24) is 4.57 Å². The molecule has 8 aromatic carbocycles. The van der Waals surface area contributed by atoms with Gasteiger partial charge in [0.05, 0.1) is 21.6 Å². The van der Waals surface area contributed by atoms with Crippen LogP contribution >= 0.6 is 7.14 Å². The molecule has 0 fully saturated rings. The number of hydrogen-bond donors (Lipinski definition) is 0. The lowest BCUT2D eigenvalue weighted by Crippen LogP contribution is -2.30. The van der Waals surface area contributed by atoms with Gasteiger partial charge in [-0.25, -0.2) is 0 Å². The number of ether oxygens (including phenoxy) is 1. The Kier molecular flexibility index (Phi) is 6.49. The quantitative estimate of drug-likeness (QED) is 0.172. The smallest absolute Gasteiger partial charge is 0.178 e. The van der Waals surface area contributed by atoms with E-state index < -0.39 is 7.14 Å². The fraction of sp³-hybridized carbons (Fsp3) is 0. The third kappa shape index (κ3) is 4.40. The second-order valence-electron chi connectivity index (χ2n) is 13.6. The van der Waals surface area contributed by atoms with Gasteiger partial charge < -0.3 is 18.3 Å². The van der Waals surface area contributed by atoms with Crippen LogP contribution in [0, 0.1) is 0 Å². The fourth-order valence-corrected chi connectivity index (χ4v) is 11.1. The Balaban J connectivity index is 1.21. The van der Waals surface area contributed by atoms with Gasteiger partial charge in [-0.1, -0.05) is 127 Å². The van der Waals surface area contributed by atoms with Crippen LogP contribution in [0.1, 0.15) is 0 Å². The van der Waals surface area contributed by atoms with E-state index in [1.54, 1.807) is 0 Å². The number of aromatic nitrogens is 1. The predicted molar refractivity (Wildman–Crippen MR) is 218 cm³/mol. The minimum absolute atomic E-state index is 0.590. The largest absolute Gasteiger partial charge is 0.455 e. The maximum atomic E-state index is 15.6. The molecule has 5 heteroatoms. The van der Waals surface area contributed by atoms with Gasteiger partial charge in [-0.05, 0) is 65.7 Å². The van der Waals surface area contributed by atoms with Crippen molar-refractivity contribution in [2.45, 2.75) is 0 Å². The van der Waals surface area contributed by atoms with Crippen LogP contribution in [0.5, 0.6) is 11.5 Å². The van der Waals surface area contributed by atoms with Gasteiger partial charge in [0, 0.05) is 43.7 Å². The lowest BCUT2D eigenvalue weighted by molar-refractivity contribution is 0.487. The molecule has 10 aromatic rings. The molecular formula is C48H30NO3P. The Morgan fingerprint density at radius 2 is 1.17 bits per heavy atom.